The van der Waals surface area contributed by atoms with Crippen LogP contribution in [0.1, 0.15) is 133 Å². The number of Topliss-reactive ketones (excluding diaryl/α,β-unsaturated/α-hetero) is 1. The third-order valence-electron chi connectivity index (χ3n) is 14.9. The summed E-state index contributed by atoms with van der Waals surface area (Å²) in [5.41, 5.74) is 3.33. The average Bonchev–Trinajstić information content (AvgIpc) is 3.61. The molecule has 2 saturated heterocycles. The second-order valence-corrected chi connectivity index (χ2v) is 22.4. The van der Waals surface area contributed by atoms with E-state index in [1.807, 2.05) is 58.5 Å². The van der Waals surface area contributed by atoms with Gasteiger partial charge in [0, 0.05) is 64.1 Å². The second kappa shape index (κ2) is 22.7. The molecule has 1 spiro atoms. The molecule has 402 valence electrons. The van der Waals surface area contributed by atoms with Crippen molar-refractivity contribution < 1.29 is 63.7 Å². The number of fused-ring (bicyclic) bond motifs is 4. The number of piperidine rings is 1. The number of carboxylic acids is 4. The molecule has 0 amide bonds. The molecule has 6 aliphatic rings. The number of likely N-dealkylation sites (tertiary alicyclic amines) is 1. The van der Waals surface area contributed by atoms with E-state index in [2.05, 4.69) is 66.6 Å². The summed E-state index contributed by atoms with van der Waals surface area (Å²) in [6.45, 7) is 17.2. The lowest BCUT2D eigenvalue weighted by Crippen LogP contribution is -2.66. The van der Waals surface area contributed by atoms with Crippen molar-refractivity contribution in [2.75, 3.05) is 20.1 Å². The molecule has 1 aliphatic carbocycles. The summed E-state index contributed by atoms with van der Waals surface area (Å²) in [4.78, 5) is 64.4. The lowest BCUT2D eigenvalue weighted by atomic mass is 9.60. The lowest BCUT2D eigenvalue weighted by Gasteiger charge is -2.50. The van der Waals surface area contributed by atoms with Crippen LogP contribution in [0.25, 0.3) is 11.6 Å². The van der Waals surface area contributed by atoms with Gasteiger partial charge in [-0.1, -0.05) is 89.2 Å². The van der Waals surface area contributed by atoms with Crippen molar-refractivity contribution >= 4 is 53.1 Å². The van der Waals surface area contributed by atoms with E-state index in [1.165, 1.54) is 71.0 Å². The van der Waals surface area contributed by atoms with Crippen molar-refractivity contribution in [3.8, 4) is 17.2 Å². The van der Waals surface area contributed by atoms with Gasteiger partial charge in [0.05, 0.1) is 11.2 Å². The molecule has 2 fully saturated rings. The molecule has 3 aromatic carbocycles. The Balaban J connectivity index is 0.000000236. The number of allylic oxidation sites excluding steroid dienone is 5. The molecule has 15 heteroatoms. The summed E-state index contributed by atoms with van der Waals surface area (Å²) < 4.78 is 20.2. The fourth-order valence-corrected chi connectivity index (χ4v) is 12.2. The van der Waals surface area contributed by atoms with Crippen molar-refractivity contribution in [2.24, 2.45) is 5.92 Å². The standard InChI is InChI=1S/C38H46O9.C19H19NS.C4H4O4/c1-21(2)11-10-18-36(8)19-17-24-29(39)28-30(40)26-12-9-13-27-35(6,7)47-37(34(43)44,20-16-23(5)33(41)42)38(26,27)46-32(28)25(31(24)45-36)15-14-22(3)4;1-20-12-10-14(11-13-20)19-15-6-2-4-8-17(15)21-18-9-5-3-7-16(18)19;5-3(6)1-2-4(7)8/h11-12,14,16-17,19,27,39H,9-10,13,15,18,20H2,1-8H3,(H,41,42)(H,43,44);2-9H,10-13H2,1H3;1-2H,(H,5,6)(H,7,8). The number of carbonyl (C=O) groups excluding carboxylic acids is 1. The third-order valence-corrected chi connectivity index (χ3v) is 16.0. The Morgan fingerprint density at radius 3 is 1.95 bits per heavy atom. The first-order valence-corrected chi connectivity index (χ1v) is 26.4. The maximum absolute atomic E-state index is 14.7. The number of rotatable bonds is 11. The Morgan fingerprint density at radius 2 is 1.39 bits per heavy atom. The second-order valence-electron chi connectivity index (χ2n) is 21.4. The number of carbonyl (C=O) groups is 5. The molecule has 5 aliphatic heterocycles. The Morgan fingerprint density at radius 1 is 0.803 bits per heavy atom. The van der Waals surface area contributed by atoms with Crippen LogP contribution in [0, 0.1) is 5.92 Å². The number of aromatic hydroxyl groups is 1. The number of benzene rings is 3. The SMILES string of the molecule is CC(C)=CCCC1(C)C=Cc2c(O)c3c(c(CC=C(C)C)c2O1)OC12C(=CCCC1C(C)(C)OC2(CC=C(C)C(=O)O)C(=O)O)C3=O.CN1CCC(=C2c3ccccc3Sc3ccccc32)CC1.O=C(O)C=CC(=O)O. The van der Waals surface area contributed by atoms with Gasteiger partial charge in [0.25, 0.3) is 0 Å². The van der Waals surface area contributed by atoms with E-state index >= 15 is 0 Å². The number of hydrogen-bond donors (Lipinski definition) is 5. The largest absolute Gasteiger partial charge is 0.506 e. The van der Waals surface area contributed by atoms with Gasteiger partial charge in [-0.2, -0.15) is 0 Å². The lowest BCUT2D eigenvalue weighted by molar-refractivity contribution is -0.184. The normalized spacial score (nSPS) is 23.6. The molecule has 0 aromatic heterocycles. The molecule has 0 bridgehead atoms. The van der Waals surface area contributed by atoms with Crippen molar-refractivity contribution in [3.05, 3.63) is 147 Å². The number of carboxylic acid groups (broad SMARTS) is 4. The molecule has 9 rings (SSSR count). The van der Waals surface area contributed by atoms with Gasteiger partial charge in [-0.15, -0.1) is 0 Å². The molecule has 5 N–H and O–H groups in total. The molecule has 0 radical (unpaired) electrons. The molecule has 14 nitrogen and oxygen atoms in total. The predicted molar refractivity (Wildman–Crippen MR) is 292 cm³/mol. The van der Waals surface area contributed by atoms with Gasteiger partial charge in [0.1, 0.15) is 28.4 Å². The first-order chi connectivity index (χ1) is 35.9. The van der Waals surface area contributed by atoms with Crippen LogP contribution < -0.4 is 9.47 Å². The van der Waals surface area contributed by atoms with Crippen LogP contribution in [-0.4, -0.2) is 103 Å². The number of ether oxygens (including phenoxy) is 3. The van der Waals surface area contributed by atoms with Gasteiger partial charge in [-0.05, 0) is 148 Å². The van der Waals surface area contributed by atoms with Gasteiger partial charge in [-0.3, -0.25) is 4.79 Å². The molecular formula is C61H69NO13S. The highest BCUT2D eigenvalue weighted by Crippen LogP contribution is 2.64. The first kappa shape index (κ1) is 56.8. The van der Waals surface area contributed by atoms with Gasteiger partial charge in [0.15, 0.2) is 11.4 Å². The summed E-state index contributed by atoms with van der Waals surface area (Å²) in [6.07, 6.45) is 16.6. The Labute approximate surface area is 448 Å². The molecule has 76 heavy (non-hydrogen) atoms. The van der Waals surface area contributed by atoms with Crippen LogP contribution in [0.15, 0.2) is 129 Å². The maximum atomic E-state index is 14.7. The topological polar surface area (TPSA) is 217 Å². The van der Waals surface area contributed by atoms with Gasteiger partial charge in [0.2, 0.25) is 5.60 Å². The van der Waals surface area contributed by atoms with Crippen LogP contribution in [0.4, 0.5) is 0 Å². The highest BCUT2D eigenvalue weighted by molar-refractivity contribution is 7.99. The van der Waals surface area contributed by atoms with Crippen LogP contribution in [0.2, 0.25) is 0 Å². The van der Waals surface area contributed by atoms with Gasteiger partial charge in [-0.25, -0.2) is 19.2 Å². The summed E-state index contributed by atoms with van der Waals surface area (Å²) in [6, 6.07) is 17.7. The van der Waals surface area contributed by atoms with Crippen LogP contribution in [0.5, 0.6) is 17.2 Å². The van der Waals surface area contributed by atoms with E-state index in [0.717, 1.165) is 12.0 Å². The number of ketones is 1. The number of phenols is 1. The number of hydrogen-bond acceptors (Lipinski definition) is 11. The van der Waals surface area contributed by atoms with E-state index in [-0.39, 0.29) is 34.6 Å². The molecule has 4 atom stereocenters. The zero-order chi connectivity index (χ0) is 55.5. The van der Waals surface area contributed by atoms with E-state index < -0.39 is 58.0 Å². The monoisotopic (exact) mass is 1060 g/mol. The minimum atomic E-state index is -2.16. The number of aliphatic carboxylic acids is 4. The third kappa shape index (κ3) is 11.3. The quantitative estimate of drug-likeness (QED) is 0.0697. The number of phenolic OH excluding ortho intramolecular Hbond substituents is 1. The highest BCUT2D eigenvalue weighted by atomic mass is 32.2. The minimum absolute atomic E-state index is 0.0407. The van der Waals surface area contributed by atoms with Crippen molar-refractivity contribution in [2.45, 2.75) is 139 Å². The predicted octanol–water partition coefficient (Wildman–Crippen LogP) is 11.9. The molecule has 4 unspecified atom stereocenters. The summed E-state index contributed by atoms with van der Waals surface area (Å²) in [5.74, 6) is -6.04. The Hall–Kier alpha value is -6.94. The van der Waals surface area contributed by atoms with Gasteiger partial charge >= 0.3 is 23.9 Å². The minimum Gasteiger partial charge on any atom is -0.506 e. The summed E-state index contributed by atoms with van der Waals surface area (Å²) in [7, 11) is 2.22. The fourth-order valence-electron chi connectivity index (χ4n) is 11.1. The number of nitrogens with zero attached hydrogens (tertiary/aromatic N) is 1. The van der Waals surface area contributed by atoms with Crippen LogP contribution in [-0.2, 0) is 30.3 Å². The zero-order valence-corrected chi connectivity index (χ0v) is 45.6. The summed E-state index contributed by atoms with van der Waals surface area (Å²) >= 11 is 1.91. The first-order valence-electron chi connectivity index (χ1n) is 25.6. The highest BCUT2D eigenvalue weighted by Gasteiger charge is 2.77. The van der Waals surface area contributed by atoms with Crippen molar-refractivity contribution in [1.29, 1.82) is 0 Å². The average molecular weight is 1060 g/mol. The molecule has 3 aromatic rings. The van der Waals surface area contributed by atoms with E-state index in [0.29, 0.717) is 54.7 Å². The Bertz CT molecular complexity index is 3000. The molecule has 0 saturated carbocycles. The smallest absolute Gasteiger partial charge is 0.340 e. The van der Waals surface area contributed by atoms with E-state index in [9.17, 15) is 39.3 Å². The molecular weight excluding hydrogens is 987 g/mol. The fraction of sp³-hybridized carbons (Fsp3) is 0.393. The van der Waals surface area contributed by atoms with Gasteiger partial charge < -0.3 is 44.6 Å². The Kier molecular flexibility index (Phi) is 17.0. The molecule has 5 heterocycles. The van der Waals surface area contributed by atoms with Crippen molar-refractivity contribution in [3.63, 3.8) is 0 Å². The zero-order valence-electron chi connectivity index (χ0n) is 44.7. The van der Waals surface area contributed by atoms with E-state index in [1.54, 1.807) is 31.6 Å². The van der Waals surface area contributed by atoms with Crippen LogP contribution in [0.3, 0.4) is 0 Å². The van der Waals surface area contributed by atoms with E-state index in [4.69, 9.17) is 24.4 Å². The van der Waals surface area contributed by atoms with Crippen molar-refractivity contribution in [1.82, 2.24) is 4.90 Å². The van der Waals surface area contributed by atoms with Crippen LogP contribution >= 0.6 is 11.8 Å². The summed E-state index contributed by atoms with van der Waals surface area (Å²) in [5, 5.41) is 48.0. The maximum Gasteiger partial charge on any atom is 0.340 e.